The maximum Gasteiger partial charge on any atom is 0.338 e. The van der Waals surface area contributed by atoms with E-state index in [0.29, 0.717) is 75.1 Å². The topological polar surface area (TPSA) is 217 Å². The fourth-order valence-electron chi connectivity index (χ4n) is 4.92. The van der Waals surface area contributed by atoms with Gasteiger partial charge in [-0.3, -0.25) is 0 Å². The van der Waals surface area contributed by atoms with Gasteiger partial charge in [0.25, 0.3) is 0 Å². The Kier molecular flexibility index (Phi) is 26.6. The Morgan fingerprint density at radius 3 is 0.721 bits per heavy atom. The largest absolute Gasteiger partial charge is 0.478 e. The zero-order chi connectivity index (χ0) is 51.6. The van der Waals surface area contributed by atoms with E-state index in [1.54, 1.807) is 36.4 Å². The van der Waals surface area contributed by atoms with Gasteiger partial charge in [0.05, 0.1) is 86.2 Å². The van der Waals surface area contributed by atoms with Gasteiger partial charge in [-0.1, -0.05) is 95.2 Å². The second kappa shape index (κ2) is 29.9. The minimum Gasteiger partial charge on any atom is -0.478 e. The molecule has 0 saturated heterocycles. The van der Waals surface area contributed by atoms with Crippen molar-refractivity contribution in [3.05, 3.63) is 106 Å². The lowest BCUT2D eigenvalue weighted by molar-refractivity contribution is 0.0168. The lowest BCUT2D eigenvalue weighted by Gasteiger charge is -2.18. The van der Waals surface area contributed by atoms with E-state index in [9.17, 15) is 28.8 Å². The highest BCUT2D eigenvalue weighted by Gasteiger charge is 2.17. The minimum atomic E-state index is -1.06. The number of aromatic carboxylic acids is 2. The van der Waals surface area contributed by atoms with Crippen LogP contribution in [0.4, 0.5) is 0 Å². The summed E-state index contributed by atoms with van der Waals surface area (Å²) in [5.74, 6) is -4.12. The van der Waals surface area contributed by atoms with Crippen molar-refractivity contribution >= 4 is 35.8 Å². The molecule has 0 atom stereocenters. The Morgan fingerprint density at radius 1 is 0.338 bits per heavy atom. The molecule has 0 aliphatic heterocycles. The van der Waals surface area contributed by atoms with Crippen molar-refractivity contribution in [3.63, 3.8) is 0 Å². The van der Waals surface area contributed by atoms with Crippen molar-refractivity contribution in [2.75, 3.05) is 79.3 Å². The molecule has 0 aliphatic rings. The van der Waals surface area contributed by atoms with Crippen molar-refractivity contribution in [1.29, 1.82) is 0 Å². The number of carbonyl (C=O) groups excluding carboxylic acids is 4. The molecule has 16 heteroatoms. The summed E-state index contributed by atoms with van der Waals surface area (Å²) < 4.78 is 42.6. The first-order chi connectivity index (χ1) is 31.6. The molecular weight excluding hydrogens is 881 g/mol. The van der Waals surface area contributed by atoms with Crippen molar-refractivity contribution in [2.45, 2.75) is 83.1 Å². The molecule has 0 radical (unpaired) electrons. The summed E-state index contributed by atoms with van der Waals surface area (Å²) in [5, 5.41) is 16.9. The smallest absolute Gasteiger partial charge is 0.338 e. The Morgan fingerprint density at radius 2 is 0.544 bits per heavy atom. The van der Waals surface area contributed by atoms with E-state index in [1.807, 2.05) is 0 Å². The molecule has 3 aromatic rings. The molecular formula is C52H74O16. The Bertz CT molecular complexity index is 1770. The third kappa shape index (κ3) is 29.9. The summed E-state index contributed by atoms with van der Waals surface area (Å²) in [4.78, 5) is 69.2. The molecule has 3 rings (SSSR count). The summed E-state index contributed by atoms with van der Waals surface area (Å²) >= 11 is 0. The van der Waals surface area contributed by atoms with Crippen molar-refractivity contribution in [2.24, 2.45) is 21.7 Å². The van der Waals surface area contributed by atoms with Crippen LogP contribution in [0, 0.1) is 21.7 Å². The number of hydrogen-bond donors (Lipinski definition) is 2. The maximum atomic E-state index is 12.1. The summed E-state index contributed by atoms with van der Waals surface area (Å²) in [6.07, 6.45) is 0. The summed E-state index contributed by atoms with van der Waals surface area (Å²) in [6, 6.07) is 17.6. The van der Waals surface area contributed by atoms with Gasteiger partial charge in [0.1, 0.15) is 26.4 Å². The van der Waals surface area contributed by atoms with Gasteiger partial charge in [-0.25, -0.2) is 28.8 Å². The van der Waals surface area contributed by atoms with Crippen LogP contribution in [0.15, 0.2) is 72.8 Å². The van der Waals surface area contributed by atoms with Crippen LogP contribution < -0.4 is 0 Å². The molecule has 0 unspecified atom stereocenters. The molecule has 0 spiro atoms. The van der Waals surface area contributed by atoms with Crippen LogP contribution in [-0.4, -0.2) is 125 Å². The number of carbonyl (C=O) groups is 6. The lowest BCUT2D eigenvalue weighted by Crippen LogP contribution is -2.18. The number of ether oxygens (including phenoxy) is 8. The second-order valence-corrected chi connectivity index (χ2v) is 20.3. The molecule has 0 heterocycles. The first-order valence-corrected chi connectivity index (χ1v) is 22.3. The predicted molar refractivity (Wildman–Crippen MR) is 255 cm³/mol. The highest BCUT2D eigenvalue weighted by molar-refractivity contribution is 5.96. The van der Waals surface area contributed by atoms with Gasteiger partial charge in [-0.05, 0) is 82.3 Å². The van der Waals surface area contributed by atoms with E-state index in [0.717, 1.165) is 0 Å². The Hall–Kier alpha value is -5.68. The van der Waals surface area contributed by atoms with E-state index in [1.165, 1.54) is 36.4 Å². The molecule has 378 valence electrons. The monoisotopic (exact) mass is 954 g/mol. The van der Waals surface area contributed by atoms with Crippen molar-refractivity contribution in [1.82, 2.24) is 0 Å². The molecule has 3 aromatic carbocycles. The fourth-order valence-corrected chi connectivity index (χ4v) is 4.92. The van der Waals surface area contributed by atoms with Crippen molar-refractivity contribution < 1.29 is 76.9 Å². The number of rotatable bonds is 22. The highest BCUT2D eigenvalue weighted by Crippen LogP contribution is 2.16. The molecule has 16 nitrogen and oxygen atoms in total. The van der Waals surface area contributed by atoms with Gasteiger partial charge in [0, 0.05) is 0 Å². The molecule has 0 bridgehead atoms. The number of carboxylic acid groups (broad SMARTS) is 2. The molecule has 0 fully saturated rings. The molecule has 0 aliphatic carbocycles. The molecule has 2 N–H and O–H groups in total. The number of benzene rings is 3. The van der Waals surface area contributed by atoms with Crippen LogP contribution in [0.1, 0.15) is 145 Å². The quantitative estimate of drug-likeness (QED) is 0.0545. The number of carboxylic acids is 2. The van der Waals surface area contributed by atoms with Gasteiger partial charge in [0.15, 0.2) is 0 Å². The second-order valence-electron chi connectivity index (χ2n) is 20.3. The lowest BCUT2D eigenvalue weighted by atomic mass is 9.99. The normalized spacial score (nSPS) is 11.5. The predicted octanol–water partition coefficient (Wildman–Crippen LogP) is 9.33. The van der Waals surface area contributed by atoms with Crippen LogP contribution in [0.2, 0.25) is 0 Å². The number of esters is 4. The zero-order valence-electron chi connectivity index (χ0n) is 42.0. The standard InChI is InChI=1S/2C22H34O6.C8H6O4/c2*1-21(2,3)15-25-10-12-27-19(23)17-8-7-9-18(14-17)20(24)28-13-11-26-16-22(4,5)6;9-7(10)5-1-2-6(4-3-5)8(11)12/h2*7-9,14H,10-13,15-16H2,1-6H3;1-4H,(H,9,10)(H,11,12). The van der Waals surface area contributed by atoms with Crippen LogP contribution in [-0.2, 0) is 37.9 Å². The molecule has 0 amide bonds. The van der Waals surface area contributed by atoms with Gasteiger partial charge < -0.3 is 48.1 Å². The average Bonchev–Trinajstić information content (AvgIpc) is 3.24. The number of hydrogen-bond acceptors (Lipinski definition) is 14. The van der Waals surface area contributed by atoms with Gasteiger partial charge in [-0.15, -0.1) is 0 Å². The van der Waals surface area contributed by atoms with Crippen LogP contribution in [0.25, 0.3) is 0 Å². The van der Waals surface area contributed by atoms with E-state index in [-0.39, 0.29) is 59.2 Å². The Labute approximate surface area is 401 Å². The Balaban J connectivity index is 0.000000549. The highest BCUT2D eigenvalue weighted by atomic mass is 16.6. The van der Waals surface area contributed by atoms with Gasteiger partial charge in [-0.2, -0.15) is 0 Å². The third-order valence-corrected chi connectivity index (χ3v) is 8.03. The summed E-state index contributed by atoms with van der Waals surface area (Å²) in [5.41, 5.74) is 1.63. The van der Waals surface area contributed by atoms with E-state index in [4.69, 9.17) is 48.1 Å². The summed E-state index contributed by atoms with van der Waals surface area (Å²) in [6.45, 7) is 29.2. The first-order valence-electron chi connectivity index (χ1n) is 22.3. The first kappa shape index (κ1) is 60.3. The van der Waals surface area contributed by atoms with Crippen molar-refractivity contribution in [3.8, 4) is 0 Å². The van der Waals surface area contributed by atoms with Crippen LogP contribution >= 0.6 is 0 Å². The zero-order valence-corrected chi connectivity index (χ0v) is 42.0. The van der Waals surface area contributed by atoms with Crippen LogP contribution in [0.5, 0.6) is 0 Å². The fraction of sp³-hybridized carbons (Fsp3) is 0.538. The van der Waals surface area contributed by atoms with Gasteiger partial charge >= 0.3 is 35.8 Å². The molecule has 0 saturated carbocycles. The molecule has 0 aromatic heterocycles. The van der Waals surface area contributed by atoms with Crippen LogP contribution in [0.3, 0.4) is 0 Å². The third-order valence-electron chi connectivity index (χ3n) is 8.03. The SMILES string of the molecule is CC(C)(C)COCCOC(=O)c1cccc(C(=O)OCCOCC(C)(C)C)c1.CC(C)(C)COCCOC(=O)c1cccc(C(=O)OCCOCC(C)(C)C)c1.O=C(O)c1ccc(C(=O)O)cc1. The van der Waals surface area contributed by atoms with E-state index >= 15 is 0 Å². The average molecular weight is 955 g/mol. The van der Waals surface area contributed by atoms with E-state index in [2.05, 4.69) is 83.1 Å². The maximum absolute atomic E-state index is 12.1. The molecule has 68 heavy (non-hydrogen) atoms. The van der Waals surface area contributed by atoms with E-state index < -0.39 is 35.8 Å². The summed E-state index contributed by atoms with van der Waals surface area (Å²) in [7, 11) is 0. The van der Waals surface area contributed by atoms with Gasteiger partial charge in [0.2, 0.25) is 0 Å². The minimum absolute atomic E-state index is 0.0660.